The van der Waals surface area contributed by atoms with Crippen LogP contribution >= 0.6 is 0 Å². The molecule has 3 aromatic heterocycles. The molecule has 42 heavy (non-hydrogen) atoms. The maximum Gasteiger partial charge on any atom is 0.101 e. The van der Waals surface area contributed by atoms with E-state index in [0.29, 0.717) is 5.56 Å². The third-order valence-electron chi connectivity index (χ3n) is 8.36. The van der Waals surface area contributed by atoms with Crippen molar-refractivity contribution in [3.8, 4) is 28.6 Å². The van der Waals surface area contributed by atoms with Crippen LogP contribution in [0.15, 0.2) is 122 Å². The second kappa shape index (κ2) is 9.19. The van der Waals surface area contributed by atoms with Crippen LogP contribution < -0.4 is 0 Å². The molecule has 0 aliphatic carbocycles. The average molecular weight is 539 g/mol. The number of hydrogen-bond donors (Lipinski definition) is 0. The number of hydrogen-bond acceptors (Lipinski definition) is 2. The van der Waals surface area contributed by atoms with Crippen LogP contribution in [0.5, 0.6) is 0 Å². The van der Waals surface area contributed by atoms with Crippen molar-refractivity contribution in [2.45, 2.75) is 13.8 Å². The van der Waals surface area contributed by atoms with Gasteiger partial charge in [-0.2, -0.15) is 5.26 Å². The van der Waals surface area contributed by atoms with Crippen molar-refractivity contribution in [2.75, 3.05) is 0 Å². The minimum absolute atomic E-state index is 0.615. The predicted molar refractivity (Wildman–Crippen MR) is 173 cm³/mol. The summed E-state index contributed by atoms with van der Waals surface area (Å²) >= 11 is 0. The summed E-state index contributed by atoms with van der Waals surface area (Å²) in [6.45, 7) is 4.25. The molecule has 0 N–H and O–H groups in total. The molecule has 0 unspecified atom stereocenters. The molecular weight excluding hydrogens is 512 g/mol. The van der Waals surface area contributed by atoms with Crippen molar-refractivity contribution in [1.29, 1.82) is 5.26 Å². The van der Waals surface area contributed by atoms with Crippen molar-refractivity contribution >= 4 is 43.6 Å². The molecule has 0 spiro atoms. The number of aromatic nitrogens is 3. The molecule has 4 heteroatoms. The van der Waals surface area contributed by atoms with Gasteiger partial charge in [0, 0.05) is 39.5 Å². The van der Waals surface area contributed by atoms with E-state index in [1.165, 1.54) is 32.7 Å². The van der Waals surface area contributed by atoms with Crippen LogP contribution in [0.3, 0.4) is 0 Å². The van der Waals surface area contributed by atoms with E-state index >= 15 is 0 Å². The molecule has 0 saturated carbocycles. The monoisotopic (exact) mass is 538 g/mol. The van der Waals surface area contributed by atoms with Crippen molar-refractivity contribution in [1.82, 2.24) is 14.1 Å². The van der Waals surface area contributed by atoms with Gasteiger partial charge in [-0.25, -0.2) is 0 Å². The van der Waals surface area contributed by atoms with E-state index in [1.807, 2.05) is 24.5 Å². The molecule has 198 valence electrons. The fraction of sp³-hybridized carbons (Fsp3) is 0.0526. The first-order chi connectivity index (χ1) is 20.6. The zero-order valence-corrected chi connectivity index (χ0v) is 23.3. The molecule has 0 atom stereocenters. The summed E-state index contributed by atoms with van der Waals surface area (Å²) in [7, 11) is 0. The van der Waals surface area contributed by atoms with Crippen molar-refractivity contribution < 1.29 is 0 Å². The van der Waals surface area contributed by atoms with Gasteiger partial charge in [-0.05, 0) is 80.1 Å². The zero-order valence-electron chi connectivity index (χ0n) is 23.3. The number of aryl methyl sites for hydroxylation is 2. The van der Waals surface area contributed by atoms with Crippen LogP contribution in [0.4, 0.5) is 0 Å². The molecule has 3 heterocycles. The molecule has 5 aromatic carbocycles. The highest BCUT2D eigenvalue weighted by atomic mass is 15.0. The van der Waals surface area contributed by atoms with Crippen LogP contribution in [0.1, 0.15) is 16.7 Å². The largest absolute Gasteiger partial charge is 0.309 e. The van der Waals surface area contributed by atoms with Crippen LogP contribution in [0.2, 0.25) is 0 Å². The highest BCUT2D eigenvalue weighted by Crippen LogP contribution is 2.40. The Kier molecular flexibility index (Phi) is 5.29. The Morgan fingerprint density at radius 2 is 1.07 bits per heavy atom. The number of pyridine rings is 1. The summed E-state index contributed by atoms with van der Waals surface area (Å²) in [5, 5.41) is 15.4. The summed E-state index contributed by atoms with van der Waals surface area (Å²) < 4.78 is 4.55. The number of fused-ring (bicyclic) bond motifs is 6. The van der Waals surface area contributed by atoms with E-state index in [2.05, 4.69) is 131 Å². The second-order valence-electron chi connectivity index (χ2n) is 11.0. The second-order valence-corrected chi connectivity index (χ2v) is 11.0. The number of nitrogens with zero attached hydrogens (tertiary/aromatic N) is 4. The molecule has 4 nitrogen and oxygen atoms in total. The van der Waals surface area contributed by atoms with E-state index in [-0.39, 0.29) is 0 Å². The molecule has 0 fully saturated rings. The normalized spacial score (nSPS) is 11.5. The SMILES string of the molecule is Cc1ccc2c(c1)c1ccccc1n2-c1cc(-c2ccncc2)c(-n2c3ccccc3c3cc(C)ccc32)cc1C#N. The lowest BCUT2D eigenvalue weighted by molar-refractivity contribution is 1.13. The predicted octanol–water partition coefficient (Wildman–Crippen LogP) is 9.43. The number of para-hydroxylation sites is 2. The fourth-order valence-corrected chi connectivity index (χ4v) is 6.49. The fourth-order valence-electron chi connectivity index (χ4n) is 6.49. The summed E-state index contributed by atoms with van der Waals surface area (Å²) in [6, 6.07) is 41.0. The minimum atomic E-state index is 0.615. The molecule has 8 rings (SSSR count). The Hall–Kier alpha value is -5.66. The van der Waals surface area contributed by atoms with E-state index in [9.17, 15) is 5.26 Å². The van der Waals surface area contributed by atoms with E-state index in [1.54, 1.807) is 0 Å². The van der Waals surface area contributed by atoms with E-state index in [0.717, 1.165) is 44.6 Å². The van der Waals surface area contributed by atoms with Gasteiger partial charge in [0.2, 0.25) is 0 Å². The van der Waals surface area contributed by atoms with Crippen molar-refractivity contribution in [3.63, 3.8) is 0 Å². The third kappa shape index (κ3) is 3.51. The van der Waals surface area contributed by atoms with E-state index < -0.39 is 0 Å². The third-order valence-corrected chi connectivity index (χ3v) is 8.36. The summed E-state index contributed by atoms with van der Waals surface area (Å²) in [4.78, 5) is 4.30. The number of nitriles is 1. The van der Waals surface area contributed by atoms with Gasteiger partial charge in [-0.3, -0.25) is 4.98 Å². The Labute approximate surface area is 243 Å². The van der Waals surface area contributed by atoms with E-state index in [4.69, 9.17) is 0 Å². The van der Waals surface area contributed by atoms with Gasteiger partial charge in [0.15, 0.2) is 0 Å². The van der Waals surface area contributed by atoms with Gasteiger partial charge in [0.1, 0.15) is 6.07 Å². The van der Waals surface area contributed by atoms with Crippen molar-refractivity contribution in [3.05, 3.63) is 138 Å². The van der Waals surface area contributed by atoms with Gasteiger partial charge in [-0.15, -0.1) is 0 Å². The molecule has 0 aliphatic rings. The molecule has 0 bridgehead atoms. The average Bonchev–Trinajstić information content (AvgIpc) is 3.53. The first-order valence-corrected chi connectivity index (χ1v) is 14.1. The first kappa shape index (κ1) is 24.2. The van der Waals surface area contributed by atoms with Crippen LogP contribution in [-0.2, 0) is 0 Å². The van der Waals surface area contributed by atoms with Gasteiger partial charge in [-0.1, -0.05) is 59.7 Å². The van der Waals surface area contributed by atoms with Crippen LogP contribution in [0.25, 0.3) is 66.1 Å². The number of rotatable bonds is 3. The molecule has 0 aliphatic heterocycles. The zero-order chi connectivity index (χ0) is 28.4. The molecule has 0 saturated heterocycles. The van der Waals surface area contributed by atoms with Gasteiger partial charge >= 0.3 is 0 Å². The highest BCUT2D eigenvalue weighted by Gasteiger charge is 2.21. The smallest absolute Gasteiger partial charge is 0.101 e. The summed E-state index contributed by atoms with van der Waals surface area (Å²) in [5.74, 6) is 0. The highest BCUT2D eigenvalue weighted by molar-refractivity contribution is 6.11. The summed E-state index contributed by atoms with van der Waals surface area (Å²) in [5.41, 5.74) is 11.3. The summed E-state index contributed by atoms with van der Waals surface area (Å²) in [6.07, 6.45) is 3.66. The van der Waals surface area contributed by atoms with Crippen molar-refractivity contribution in [2.24, 2.45) is 0 Å². The first-order valence-electron chi connectivity index (χ1n) is 14.1. The molecule has 0 amide bonds. The lowest BCUT2D eigenvalue weighted by Crippen LogP contribution is -2.04. The van der Waals surface area contributed by atoms with Gasteiger partial charge < -0.3 is 9.13 Å². The Morgan fingerprint density at radius 3 is 1.64 bits per heavy atom. The van der Waals surface area contributed by atoms with Gasteiger partial charge in [0.05, 0.1) is 39.0 Å². The standard InChI is InChI=1S/C38H26N4/c1-24-11-13-35-31(19-24)28-7-3-5-9-33(28)41(35)37-22-30(26-15-17-40-18-16-26)38(21-27(37)23-39)42-34-10-6-4-8-29(34)32-20-25(2)12-14-36(32)42/h3-22H,1-2H3. The maximum absolute atomic E-state index is 10.7. The lowest BCUT2D eigenvalue weighted by atomic mass is 10.00. The molecule has 8 aromatic rings. The van der Waals surface area contributed by atoms with Crippen LogP contribution in [-0.4, -0.2) is 14.1 Å². The lowest BCUT2D eigenvalue weighted by Gasteiger charge is -2.18. The topological polar surface area (TPSA) is 46.5 Å². The quantitative estimate of drug-likeness (QED) is 0.225. The van der Waals surface area contributed by atoms with Crippen LogP contribution in [0, 0.1) is 25.2 Å². The Bertz CT molecular complexity index is 2380. The Morgan fingerprint density at radius 1 is 0.548 bits per heavy atom. The molecule has 0 radical (unpaired) electrons. The Balaban J connectivity index is 1.53. The maximum atomic E-state index is 10.7. The number of benzene rings is 5. The van der Waals surface area contributed by atoms with Gasteiger partial charge in [0.25, 0.3) is 0 Å². The molecular formula is C38H26N4. The minimum Gasteiger partial charge on any atom is -0.309 e.